The smallest absolute Gasteiger partial charge is 0.229 e. The van der Waals surface area contributed by atoms with Crippen molar-refractivity contribution in [2.45, 2.75) is 13.8 Å². The summed E-state index contributed by atoms with van der Waals surface area (Å²) in [5.41, 5.74) is 0.534. The van der Waals surface area contributed by atoms with Gasteiger partial charge in [-0.15, -0.1) is 0 Å². The van der Waals surface area contributed by atoms with E-state index in [1.165, 1.54) is 25.1 Å². The van der Waals surface area contributed by atoms with Crippen LogP contribution in [0.25, 0.3) is 0 Å². The highest BCUT2D eigenvalue weighted by molar-refractivity contribution is 5.95. The minimum atomic E-state index is -0.533. The molecule has 1 fully saturated rings. The van der Waals surface area contributed by atoms with Crippen LogP contribution in [-0.4, -0.2) is 24.9 Å². The molecule has 0 bridgehead atoms. The third-order valence-electron chi connectivity index (χ3n) is 3.40. The summed E-state index contributed by atoms with van der Waals surface area (Å²) >= 11 is 0. The molecule has 2 amide bonds. The molecular weight excluding hydrogens is 261 g/mol. The largest absolute Gasteiger partial charge is 0.326 e. The van der Waals surface area contributed by atoms with E-state index in [1.807, 2.05) is 6.92 Å². The number of hydrogen-bond acceptors (Lipinski definition) is 3. The van der Waals surface area contributed by atoms with Crippen molar-refractivity contribution in [1.82, 2.24) is 5.32 Å². The van der Waals surface area contributed by atoms with Crippen molar-refractivity contribution in [3.63, 3.8) is 0 Å². The molecule has 2 rings (SSSR count). The maximum Gasteiger partial charge on any atom is 0.229 e. The Balaban J connectivity index is 2.09. The Morgan fingerprint density at radius 1 is 1.30 bits per heavy atom. The van der Waals surface area contributed by atoms with Crippen molar-refractivity contribution in [2.75, 3.05) is 23.7 Å². The zero-order valence-corrected chi connectivity index (χ0v) is 11.5. The molecule has 1 aromatic rings. The molecule has 6 heteroatoms. The van der Waals surface area contributed by atoms with Crippen LogP contribution in [0.1, 0.15) is 13.8 Å². The topological polar surface area (TPSA) is 70.2 Å². The number of benzene rings is 1. The second kappa shape index (κ2) is 6.00. The predicted octanol–water partition coefficient (Wildman–Crippen LogP) is 1.58. The minimum absolute atomic E-state index is 0.0629. The van der Waals surface area contributed by atoms with Crippen LogP contribution in [0, 0.1) is 17.7 Å². The van der Waals surface area contributed by atoms with E-state index in [2.05, 4.69) is 16.0 Å². The molecule has 5 nitrogen and oxygen atoms in total. The average Bonchev–Trinajstić information content (AvgIpc) is 2.79. The molecule has 0 spiro atoms. The highest BCUT2D eigenvalue weighted by Gasteiger charge is 2.29. The number of nitrogens with one attached hydrogen (secondary N) is 3. The van der Waals surface area contributed by atoms with Crippen molar-refractivity contribution < 1.29 is 14.0 Å². The Bertz CT molecular complexity index is 533. The summed E-state index contributed by atoms with van der Waals surface area (Å²) in [5.74, 6) is -0.812. The molecule has 20 heavy (non-hydrogen) atoms. The van der Waals surface area contributed by atoms with Gasteiger partial charge in [-0.05, 0) is 30.7 Å². The lowest BCUT2D eigenvalue weighted by atomic mass is 9.97. The van der Waals surface area contributed by atoms with Crippen LogP contribution < -0.4 is 16.0 Å². The highest BCUT2D eigenvalue weighted by atomic mass is 19.1. The zero-order chi connectivity index (χ0) is 14.7. The quantitative estimate of drug-likeness (QED) is 0.786. The number of hydrogen-bond donors (Lipinski definition) is 3. The fourth-order valence-corrected chi connectivity index (χ4v) is 2.28. The SMILES string of the molecule is CC(=O)Nc1cc(NC(=O)[C@@H]2CNC[C@H]2C)ccc1F. The number of amides is 2. The van der Waals surface area contributed by atoms with Crippen molar-refractivity contribution in [3.05, 3.63) is 24.0 Å². The number of anilines is 2. The van der Waals surface area contributed by atoms with Crippen LogP contribution >= 0.6 is 0 Å². The molecule has 1 aromatic carbocycles. The van der Waals surface area contributed by atoms with E-state index in [1.54, 1.807) is 0 Å². The van der Waals surface area contributed by atoms with Gasteiger partial charge in [0.2, 0.25) is 11.8 Å². The summed E-state index contributed by atoms with van der Waals surface area (Å²) in [4.78, 5) is 23.1. The van der Waals surface area contributed by atoms with E-state index in [0.717, 1.165) is 6.54 Å². The van der Waals surface area contributed by atoms with Crippen molar-refractivity contribution in [2.24, 2.45) is 11.8 Å². The second-order valence-corrected chi connectivity index (χ2v) is 5.11. The number of halogens is 1. The summed E-state index contributed by atoms with van der Waals surface area (Å²) in [6.45, 7) is 4.78. The first-order valence-corrected chi connectivity index (χ1v) is 6.56. The van der Waals surface area contributed by atoms with Crippen molar-refractivity contribution in [3.8, 4) is 0 Å². The molecule has 2 atom stereocenters. The molecule has 3 N–H and O–H groups in total. The molecule has 1 aliphatic rings. The highest BCUT2D eigenvalue weighted by Crippen LogP contribution is 2.22. The Hall–Kier alpha value is -1.95. The molecule has 0 saturated carbocycles. The van der Waals surface area contributed by atoms with Gasteiger partial charge in [-0.1, -0.05) is 6.92 Å². The van der Waals surface area contributed by atoms with E-state index < -0.39 is 5.82 Å². The van der Waals surface area contributed by atoms with Gasteiger partial charge < -0.3 is 16.0 Å². The van der Waals surface area contributed by atoms with E-state index >= 15 is 0 Å². The Morgan fingerprint density at radius 2 is 2.05 bits per heavy atom. The number of carbonyl (C=O) groups excluding carboxylic acids is 2. The van der Waals surface area contributed by atoms with E-state index in [4.69, 9.17) is 0 Å². The first kappa shape index (κ1) is 14.5. The van der Waals surface area contributed by atoms with Crippen LogP contribution in [0.3, 0.4) is 0 Å². The van der Waals surface area contributed by atoms with Crippen LogP contribution in [0.15, 0.2) is 18.2 Å². The van der Waals surface area contributed by atoms with Gasteiger partial charge >= 0.3 is 0 Å². The van der Waals surface area contributed by atoms with Crippen molar-refractivity contribution >= 4 is 23.2 Å². The predicted molar refractivity (Wildman–Crippen MR) is 74.9 cm³/mol. The van der Waals surface area contributed by atoms with Gasteiger partial charge in [0.15, 0.2) is 0 Å². The maximum atomic E-state index is 13.5. The van der Waals surface area contributed by atoms with Gasteiger partial charge in [0.1, 0.15) is 5.82 Å². The lowest BCUT2D eigenvalue weighted by Crippen LogP contribution is -2.27. The van der Waals surface area contributed by atoms with Crippen molar-refractivity contribution in [1.29, 1.82) is 0 Å². The Kier molecular flexibility index (Phi) is 4.34. The van der Waals surface area contributed by atoms with Crippen LogP contribution in [0.2, 0.25) is 0 Å². The summed E-state index contributed by atoms with van der Waals surface area (Å²) < 4.78 is 13.5. The fraction of sp³-hybridized carbons (Fsp3) is 0.429. The molecule has 0 aliphatic carbocycles. The summed E-state index contributed by atoms with van der Waals surface area (Å²) in [7, 11) is 0. The first-order chi connectivity index (χ1) is 9.47. The summed E-state index contributed by atoms with van der Waals surface area (Å²) in [5, 5.41) is 8.30. The van der Waals surface area contributed by atoms with Gasteiger partial charge in [0, 0.05) is 19.2 Å². The monoisotopic (exact) mass is 279 g/mol. The molecule has 108 valence electrons. The second-order valence-electron chi connectivity index (χ2n) is 5.11. The van der Waals surface area contributed by atoms with Gasteiger partial charge in [-0.25, -0.2) is 4.39 Å². The minimum Gasteiger partial charge on any atom is -0.326 e. The lowest BCUT2D eigenvalue weighted by molar-refractivity contribution is -0.120. The molecular formula is C14H18FN3O2. The number of carbonyl (C=O) groups is 2. The summed E-state index contributed by atoms with van der Waals surface area (Å²) in [6.07, 6.45) is 0. The number of rotatable bonds is 3. The summed E-state index contributed by atoms with van der Waals surface area (Å²) in [6, 6.07) is 4.12. The first-order valence-electron chi connectivity index (χ1n) is 6.56. The van der Waals surface area contributed by atoms with E-state index in [-0.39, 0.29) is 29.3 Å². The van der Waals surface area contributed by atoms with Gasteiger partial charge in [0.25, 0.3) is 0 Å². The molecule has 1 saturated heterocycles. The average molecular weight is 279 g/mol. The normalized spacial score (nSPS) is 21.6. The molecule has 1 heterocycles. The van der Waals surface area contributed by atoms with Crippen LogP contribution in [0.5, 0.6) is 0 Å². The Labute approximate surface area is 116 Å². The Morgan fingerprint density at radius 3 is 2.65 bits per heavy atom. The zero-order valence-electron chi connectivity index (χ0n) is 11.5. The lowest BCUT2D eigenvalue weighted by Gasteiger charge is -2.15. The van der Waals surface area contributed by atoms with E-state index in [9.17, 15) is 14.0 Å². The van der Waals surface area contributed by atoms with Crippen LogP contribution in [-0.2, 0) is 9.59 Å². The molecule has 0 unspecified atom stereocenters. The van der Waals surface area contributed by atoms with Crippen LogP contribution in [0.4, 0.5) is 15.8 Å². The molecule has 0 radical (unpaired) electrons. The van der Waals surface area contributed by atoms with Gasteiger partial charge in [0.05, 0.1) is 11.6 Å². The third-order valence-corrected chi connectivity index (χ3v) is 3.40. The third kappa shape index (κ3) is 3.33. The molecule has 1 aliphatic heterocycles. The van der Waals surface area contributed by atoms with E-state index in [0.29, 0.717) is 12.2 Å². The van der Waals surface area contributed by atoms with Gasteiger partial charge in [-0.3, -0.25) is 9.59 Å². The van der Waals surface area contributed by atoms with Gasteiger partial charge in [-0.2, -0.15) is 0 Å². The fourth-order valence-electron chi connectivity index (χ4n) is 2.28. The molecule has 0 aromatic heterocycles. The maximum absolute atomic E-state index is 13.5. The standard InChI is InChI=1S/C14H18FN3O2/c1-8-6-16-7-11(8)14(20)18-10-3-4-12(15)13(5-10)17-9(2)19/h3-5,8,11,16H,6-7H2,1-2H3,(H,17,19)(H,18,20)/t8-,11-/m1/s1.